The Balaban J connectivity index is 1.35. The molecule has 4 unspecified atom stereocenters. The highest BCUT2D eigenvalue weighted by Gasteiger charge is 2.44. The van der Waals surface area contributed by atoms with Crippen LogP contribution in [-0.2, 0) is 15.9 Å². The maximum Gasteiger partial charge on any atom is 0.407 e. The van der Waals surface area contributed by atoms with Crippen molar-refractivity contribution in [2.75, 3.05) is 32.8 Å². The molecule has 1 aromatic heterocycles. The Hall–Kier alpha value is -2.22. The van der Waals surface area contributed by atoms with Crippen molar-refractivity contribution in [2.45, 2.75) is 70.6 Å². The fourth-order valence-corrected chi connectivity index (χ4v) is 5.07. The Morgan fingerprint density at radius 1 is 1.28 bits per heavy atom. The summed E-state index contributed by atoms with van der Waals surface area (Å²) < 4.78 is 16.7. The Kier molecular flexibility index (Phi) is 7.28. The molecule has 3 fully saturated rings. The quantitative estimate of drug-likeness (QED) is 0.515. The van der Waals surface area contributed by atoms with Crippen LogP contribution >= 0.6 is 0 Å². The van der Waals surface area contributed by atoms with Gasteiger partial charge < -0.3 is 29.4 Å². The van der Waals surface area contributed by atoms with Gasteiger partial charge in [-0.1, -0.05) is 0 Å². The molecule has 8 nitrogen and oxygen atoms in total. The van der Waals surface area contributed by atoms with Crippen LogP contribution in [0.15, 0.2) is 27.8 Å². The van der Waals surface area contributed by atoms with Gasteiger partial charge in [-0.25, -0.2) is 4.79 Å². The highest BCUT2D eigenvalue weighted by Crippen LogP contribution is 2.38. The van der Waals surface area contributed by atoms with E-state index in [0.717, 1.165) is 70.1 Å². The Labute approximate surface area is 191 Å². The number of aliphatic imine (C=N–C) groups is 1. The Bertz CT molecular complexity index is 767. The second-order valence-electron chi connectivity index (χ2n) is 10.2. The van der Waals surface area contributed by atoms with Gasteiger partial charge in [0.2, 0.25) is 0 Å². The average Bonchev–Trinajstić information content (AvgIpc) is 3.49. The molecule has 3 aliphatic rings. The molecule has 2 aliphatic heterocycles. The fourth-order valence-electron chi connectivity index (χ4n) is 5.07. The molecule has 2 saturated heterocycles. The molecule has 1 aliphatic carbocycles. The molecule has 0 bridgehead atoms. The number of alkyl carbamates (subject to hydrolysis) is 1. The molecule has 0 aromatic carbocycles. The lowest BCUT2D eigenvalue weighted by atomic mass is 9.98. The van der Waals surface area contributed by atoms with Gasteiger partial charge in [-0.3, -0.25) is 4.99 Å². The third-order valence-corrected chi connectivity index (χ3v) is 6.56. The van der Waals surface area contributed by atoms with Crippen LogP contribution in [-0.4, -0.2) is 67.5 Å². The number of nitrogens with one attached hydrogen (secondary N) is 2. The number of carbonyl (C=O) groups excluding carboxylic acids is 1. The molecule has 2 N–H and O–H groups in total. The maximum atomic E-state index is 12.3. The molecule has 4 atom stereocenters. The van der Waals surface area contributed by atoms with E-state index in [-0.39, 0.29) is 18.2 Å². The summed E-state index contributed by atoms with van der Waals surface area (Å²) in [5.41, 5.74) is -0.482. The molecule has 3 heterocycles. The number of hydrogen-bond donors (Lipinski definition) is 2. The van der Waals surface area contributed by atoms with Gasteiger partial charge in [-0.05, 0) is 64.5 Å². The van der Waals surface area contributed by atoms with Crippen LogP contribution < -0.4 is 10.6 Å². The smallest absolute Gasteiger partial charge is 0.407 e. The summed E-state index contributed by atoms with van der Waals surface area (Å²) in [5, 5.41) is 6.67. The van der Waals surface area contributed by atoms with Crippen molar-refractivity contribution >= 4 is 12.1 Å². The van der Waals surface area contributed by atoms with Crippen LogP contribution in [0.3, 0.4) is 0 Å². The SMILES string of the molecule is CC(C)(C)OC(=O)NC1CCC2CN(C(=NCC3CCCO3)NCCc3ccco3)CC21. The molecule has 1 aromatic rings. The minimum Gasteiger partial charge on any atom is -0.469 e. The predicted octanol–water partition coefficient (Wildman–Crippen LogP) is 3.18. The molecular formula is C24H38N4O4. The molecule has 0 spiro atoms. The minimum atomic E-state index is -0.482. The van der Waals surface area contributed by atoms with Crippen LogP contribution in [0.2, 0.25) is 0 Å². The van der Waals surface area contributed by atoms with Crippen molar-refractivity contribution in [1.29, 1.82) is 0 Å². The molecule has 4 rings (SSSR count). The minimum absolute atomic E-state index is 0.155. The average molecular weight is 447 g/mol. The zero-order valence-corrected chi connectivity index (χ0v) is 19.6. The molecule has 8 heteroatoms. The van der Waals surface area contributed by atoms with E-state index in [1.807, 2.05) is 32.9 Å². The second kappa shape index (κ2) is 10.1. The molecule has 32 heavy (non-hydrogen) atoms. The van der Waals surface area contributed by atoms with Gasteiger partial charge in [0.25, 0.3) is 0 Å². The summed E-state index contributed by atoms with van der Waals surface area (Å²) in [6.07, 6.45) is 6.76. The third kappa shape index (κ3) is 6.18. The van der Waals surface area contributed by atoms with Crippen molar-refractivity contribution in [1.82, 2.24) is 15.5 Å². The van der Waals surface area contributed by atoms with Crippen molar-refractivity contribution in [3.05, 3.63) is 24.2 Å². The van der Waals surface area contributed by atoms with E-state index >= 15 is 0 Å². The van der Waals surface area contributed by atoms with Gasteiger partial charge in [0, 0.05) is 44.6 Å². The summed E-state index contributed by atoms with van der Waals surface area (Å²) in [4.78, 5) is 19.6. The summed E-state index contributed by atoms with van der Waals surface area (Å²) in [6, 6.07) is 4.07. The van der Waals surface area contributed by atoms with E-state index < -0.39 is 5.60 Å². The van der Waals surface area contributed by atoms with Crippen LogP contribution in [0.1, 0.15) is 52.2 Å². The first-order valence-electron chi connectivity index (χ1n) is 12.0. The van der Waals surface area contributed by atoms with Gasteiger partial charge in [0.1, 0.15) is 11.4 Å². The molecule has 0 radical (unpaired) electrons. The van der Waals surface area contributed by atoms with Gasteiger partial charge in [0.15, 0.2) is 5.96 Å². The highest BCUT2D eigenvalue weighted by atomic mass is 16.6. The van der Waals surface area contributed by atoms with Crippen molar-refractivity contribution in [2.24, 2.45) is 16.8 Å². The van der Waals surface area contributed by atoms with Gasteiger partial charge in [0.05, 0.1) is 18.9 Å². The van der Waals surface area contributed by atoms with Gasteiger partial charge >= 0.3 is 6.09 Å². The highest BCUT2D eigenvalue weighted by molar-refractivity contribution is 5.80. The second-order valence-corrected chi connectivity index (χ2v) is 10.2. The van der Waals surface area contributed by atoms with Crippen LogP contribution in [0.25, 0.3) is 0 Å². The lowest BCUT2D eigenvalue weighted by Crippen LogP contribution is -2.45. The number of nitrogens with zero attached hydrogens (tertiary/aromatic N) is 2. The number of carbonyl (C=O) groups is 1. The topological polar surface area (TPSA) is 88.3 Å². The van der Waals surface area contributed by atoms with Crippen LogP contribution in [0, 0.1) is 11.8 Å². The lowest BCUT2D eigenvalue weighted by Gasteiger charge is -2.26. The molecule has 1 saturated carbocycles. The first-order valence-corrected chi connectivity index (χ1v) is 12.0. The van der Waals surface area contributed by atoms with Gasteiger partial charge in [-0.2, -0.15) is 0 Å². The number of ether oxygens (including phenoxy) is 2. The van der Waals surface area contributed by atoms with E-state index in [2.05, 4.69) is 15.5 Å². The number of guanidine groups is 1. The summed E-state index contributed by atoms with van der Waals surface area (Å²) in [6.45, 7) is 9.84. The monoisotopic (exact) mass is 446 g/mol. The van der Waals surface area contributed by atoms with Crippen molar-refractivity contribution in [3.8, 4) is 0 Å². The fraction of sp³-hybridized carbons (Fsp3) is 0.750. The van der Waals surface area contributed by atoms with E-state index in [4.69, 9.17) is 18.9 Å². The van der Waals surface area contributed by atoms with Crippen molar-refractivity contribution < 1.29 is 18.7 Å². The summed E-state index contributed by atoms with van der Waals surface area (Å²) in [5.74, 6) is 2.89. The zero-order valence-electron chi connectivity index (χ0n) is 19.6. The number of amides is 1. The summed E-state index contributed by atoms with van der Waals surface area (Å²) >= 11 is 0. The number of likely N-dealkylation sites (tertiary alicyclic amines) is 1. The first-order chi connectivity index (χ1) is 15.4. The standard InChI is InChI=1S/C24H38N4O4/c1-24(2,3)32-23(29)27-21-9-8-17-15-28(16-20(17)21)22(26-14-19-7-5-13-31-19)25-11-10-18-6-4-12-30-18/h4,6,12,17,19-21H,5,7-11,13-16H2,1-3H3,(H,25,26)(H,27,29). The van der Waals surface area contributed by atoms with Gasteiger partial charge in [-0.15, -0.1) is 0 Å². The Morgan fingerprint density at radius 2 is 2.16 bits per heavy atom. The lowest BCUT2D eigenvalue weighted by molar-refractivity contribution is 0.0492. The van der Waals surface area contributed by atoms with Crippen LogP contribution in [0.5, 0.6) is 0 Å². The maximum absolute atomic E-state index is 12.3. The summed E-state index contributed by atoms with van der Waals surface area (Å²) in [7, 11) is 0. The molecule has 178 valence electrons. The van der Waals surface area contributed by atoms with E-state index in [9.17, 15) is 4.79 Å². The zero-order chi connectivity index (χ0) is 22.6. The van der Waals surface area contributed by atoms with Crippen molar-refractivity contribution in [3.63, 3.8) is 0 Å². The van der Waals surface area contributed by atoms with E-state index in [1.54, 1.807) is 6.26 Å². The van der Waals surface area contributed by atoms with Crippen LogP contribution in [0.4, 0.5) is 4.79 Å². The molecule has 1 amide bonds. The Morgan fingerprint density at radius 3 is 2.88 bits per heavy atom. The van der Waals surface area contributed by atoms with E-state index in [1.165, 1.54) is 0 Å². The largest absolute Gasteiger partial charge is 0.469 e. The third-order valence-electron chi connectivity index (χ3n) is 6.56. The first kappa shape index (κ1) is 23.0. The number of furan rings is 1. The van der Waals surface area contributed by atoms with E-state index in [0.29, 0.717) is 18.4 Å². The number of hydrogen-bond acceptors (Lipinski definition) is 5. The molecular weight excluding hydrogens is 408 g/mol. The number of rotatable bonds is 6. The predicted molar refractivity (Wildman–Crippen MR) is 123 cm³/mol. The number of fused-ring (bicyclic) bond motifs is 1. The normalized spacial score (nSPS) is 28.1.